The molecule has 3 unspecified atom stereocenters. The van der Waals surface area contributed by atoms with Crippen LogP contribution in [-0.4, -0.2) is 25.3 Å². The first kappa shape index (κ1) is 16.0. The fourth-order valence-electron chi connectivity index (χ4n) is 3.29. The minimum Gasteiger partial charge on any atom is -0.378 e. The van der Waals surface area contributed by atoms with E-state index in [-0.39, 0.29) is 5.41 Å². The molecule has 3 atom stereocenters. The van der Waals surface area contributed by atoms with E-state index in [1.165, 1.54) is 19.3 Å². The molecule has 108 valence electrons. The molecular weight excluding hydrogens is 222 g/mol. The Bertz CT molecular complexity index is 237. The summed E-state index contributed by atoms with van der Waals surface area (Å²) in [5.74, 6) is 1.61. The molecule has 0 aromatic heterocycles. The molecule has 1 fully saturated rings. The SMILES string of the molecule is CCNC1CC(C)CCC1C(C)(C)COC(C)C. The fraction of sp³-hybridized carbons (Fsp3) is 1.00. The van der Waals surface area contributed by atoms with E-state index in [4.69, 9.17) is 4.74 Å². The Kier molecular flexibility index (Phi) is 6.13. The third kappa shape index (κ3) is 4.55. The molecule has 0 radical (unpaired) electrons. The summed E-state index contributed by atoms with van der Waals surface area (Å²) in [6.07, 6.45) is 4.37. The van der Waals surface area contributed by atoms with Gasteiger partial charge in [-0.05, 0) is 50.5 Å². The summed E-state index contributed by atoms with van der Waals surface area (Å²) in [4.78, 5) is 0. The molecule has 1 aliphatic carbocycles. The van der Waals surface area contributed by atoms with Crippen molar-refractivity contribution in [2.24, 2.45) is 17.3 Å². The van der Waals surface area contributed by atoms with Crippen LogP contribution in [0.5, 0.6) is 0 Å². The van der Waals surface area contributed by atoms with Crippen molar-refractivity contribution in [2.75, 3.05) is 13.2 Å². The summed E-state index contributed by atoms with van der Waals surface area (Å²) >= 11 is 0. The summed E-state index contributed by atoms with van der Waals surface area (Å²) in [6.45, 7) is 15.6. The Labute approximate surface area is 114 Å². The first-order valence-corrected chi connectivity index (χ1v) is 7.71. The minimum atomic E-state index is 0.275. The molecule has 0 saturated heterocycles. The molecule has 1 rings (SSSR count). The van der Waals surface area contributed by atoms with Crippen molar-refractivity contribution >= 4 is 0 Å². The molecule has 1 saturated carbocycles. The second-order valence-electron chi connectivity index (χ2n) is 7.04. The molecule has 1 aliphatic rings. The van der Waals surface area contributed by atoms with Crippen LogP contribution in [0.2, 0.25) is 0 Å². The smallest absolute Gasteiger partial charge is 0.0523 e. The van der Waals surface area contributed by atoms with Crippen LogP contribution in [0.3, 0.4) is 0 Å². The molecule has 0 bridgehead atoms. The second-order valence-corrected chi connectivity index (χ2v) is 7.04. The Morgan fingerprint density at radius 2 is 1.94 bits per heavy atom. The monoisotopic (exact) mass is 255 g/mol. The molecule has 0 spiro atoms. The van der Waals surface area contributed by atoms with Crippen molar-refractivity contribution in [3.8, 4) is 0 Å². The molecule has 18 heavy (non-hydrogen) atoms. The van der Waals surface area contributed by atoms with Gasteiger partial charge in [-0.15, -0.1) is 0 Å². The zero-order chi connectivity index (χ0) is 13.8. The largest absolute Gasteiger partial charge is 0.378 e. The van der Waals surface area contributed by atoms with Crippen molar-refractivity contribution in [1.82, 2.24) is 5.32 Å². The molecule has 1 N–H and O–H groups in total. The van der Waals surface area contributed by atoms with Crippen molar-refractivity contribution in [2.45, 2.75) is 73.0 Å². The zero-order valence-corrected chi connectivity index (χ0v) is 13.3. The molecule has 2 nitrogen and oxygen atoms in total. The topological polar surface area (TPSA) is 21.3 Å². The van der Waals surface area contributed by atoms with Crippen LogP contribution < -0.4 is 5.32 Å². The molecular formula is C16H33NO. The maximum Gasteiger partial charge on any atom is 0.0523 e. The predicted octanol–water partition coefficient (Wildman–Crippen LogP) is 3.85. The molecule has 0 aromatic carbocycles. The predicted molar refractivity (Wildman–Crippen MR) is 78.8 cm³/mol. The molecule has 0 aromatic rings. The Morgan fingerprint density at radius 1 is 1.28 bits per heavy atom. The average molecular weight is 255 g/mol. The number of hydrogen-bond donors (Lipinski definition) is 1. The van der Waals surface area contributed by atoms with Crippen LogP contribution >= 0.6 is 0 Å². The van der Waals surface area contributed by atoms with E-state index in [1.54, 1.807) is 0 Å². The van der Waals surface area contributed by atoms with Crippen LogP contribution in [0, 0.1) is 17.3 Å². The number of nitrogens with one attached hydrogen (secondary N) is 1. The van der Waals surface area contributed by atoms with Crippen molar-refractivity contribution in [3.63, 3.8) is 0 Å². The Morgan fingerprint density at radius 3 is 2.50 bits per heavy atom. The first-order chi connectivity index (χ1) is 8.36. The Hall–Kier alpha value is -0.0800. The number of hydrogen-bond acceptors (Lipinski definition) is 2. The van der Waals surface area contributed by atoms with Crippen LogP contribution in [0.1, 0.15) is 60.8 Å². The van der Waals surface area contributed by atoms with E-state index in [2.05, 4.69) is 46.9 Å². The maximum absolute atomic E-state index is 5.89. The van der Waals surface area contributed by atoms with Gasteiger partial charge in [0.2, 0.25) is 0 Å². The van der Waals surface area contributed by atoms with Gasteiger partial charge in [-0.2, -0.15) is 0 Å². The highest BCUT2D eigenvalue weighted by atomic mass is 16.5. The first-order valence-electron chi connectivity index (χ1n) is 7.71. The highest BCUT2D eigenvalue weighted by molar-refractivity contribution is 4.91. The van der Waals surface area contributed by atoms with Crippen LogP contribution in [0.25, 0.3) is 0 Å². The standard InChI is InChI=1S/C16H33NO/c1-7-17-15-10-13(4)8-9-14(15)16(5,6)11-18-12(2)3/h12-15,17H,7-11H2,1-6H3. The zero-order valence-electron chi connectivity index (χ0n) is 13.3. The Balaban J connectivity index is 2.64. The molecule has 0 amide bonds. The van der Waals surface area contributed by atoms with Gasteiger partial charge in [0.05, 0.1) is 12.7 Å². The van der Waals surface area contributed by atoms with Gasteiger partial charge in [0.15, 0.2) is 0 Å². The van der Waals surface area contributed by atoms with Crippen molar-refractivity contribution < 1.29 is 4.74 Å². The lowest BCUT2D eigenvalue weighted by Gasteiger charge is -2.44. The van der Waals surface area contributed by atoms with Crippen molar-refractivity contribution in [1.29, 1.82) is 0 Å². The van der Waals surface area contributed by atoms with Crippen LogP contribution in [0.15, 0.2) is 0 Å². The van der Waals surface area contributed by atoms with E-state index < -0.39 is 0 Å². The van der Waals surface area contributed by atoms with Gasteiger partial charge in [0.25, 0.3) is 0 Å². The fourth-order valence-corrected chi connectivity index (χ4v) is 3.29. The van der Waals surface area contributed by atoms with E-state index in [0.717, 1.165) is 25.0 Å². The van der Waals surface area contributed by atoms with Gasteiger partial charge in [-0.3, -0.25) is 0 Å². The summed E-state index contributed by atoms with van der Waals surface area (Å²) in [6, 6.07) is 0.671. The molecule has 0 heterocycles. The quantitative estimate of drug-likeness (QED) is 0.778. The van der Waals surface area contributed by atoms with E-state index in [0.29, 0.717) is 12.1 Å². The summed E-state index contributed by atoms with van der Waals surface area (Å²) < 4.78 is 5.89. The van der Waals surface area contributed by atoms with Crippen LogP contribution in [-0.2, 0) is 4.74 Å². The second kappa shape index (κ2) is 6.91. The van der Waals surface area contributed by atoms with E-state index >= 15 is 0 Å². The minimum absolute atomic E-state index is 0.275. The summed E-state index contributed by atoms with van der Waals surface area (Å²) in [5.41, 5.74) is 0.275. The molecule has 0 aliphatic heterocycles. The summed E-state index contributed by atoms with van der Waals surface area (Å²) in [7, 11) is 0. The van der Waals surface area contributed by atoms with Gasteiger partial charge in [0.1, 0.15) is 0 Å². The third-order valence-corrected chi connectivity index (χ3v) is 4.37. The van der Waals surface area contributed by atoms with Crippen LogP contribution in [0.4, 0.5) is 0 Å². The van der Waals surface area contributed by atoms with Gasteiger partial charge in [0, 0.05) is 6.04 Å². The number of ether oxygens (including phenoxy) is 1. The maximum atomic E-state index is 5.89. The third-order valence-electron chi connectivity index (χ3n) is 4.37. The average Bonchev–Trinajstić information content (AvgIpc) is 2.27. The summed E-state index contributed by atoms with van der Waals surface area (Å²) in [5, 5.41) is 3.70. The van der Waals surface area contributed by atoms with Crippen molar-refractivity contribution in [3.05, 3.63) is 0 Å². The van der Waals surface area contributed by atoms with E-state index in [1.807, 2.05) is 0 Å². The lowest BCUT2D eigenvalue weighted by atomic mass is 9.66. The van der Waals surface area contributed by atoms with Gasteiger partial charge >= 0.3 is 0 Å². The lowest BCUT2D eigenvalue weighted by Crippen LogP contribution is -2.48. The lowest BCUT2D eigenvalue weighted by molar-refractivity contribution is -0.0253. The number of rotatable bonds is 6. The highest BCUT2D eigenvalue weighted by Crippen LogP contribution is 2.40. The molecule has 2 heteroatoms. The highest BCUT2D eigenvalue weighted by Gasteiger charge is 2.38. The van der Waals surface area contributed by atoms with Gasteiger partial charge < -0.3 is 10.1 Å². The van der Waals surface area contributed by atoms with E-state index in [9.17, 15) is 0 Å². The van der Waals surface area contributed by atoms with Gasteiger partial charge in [-0.25, -0.2) is 0 Å². The van der Waals surface area contributed by atoms with Gasteiger partial charge in [-0.1, -0.05) is 34.1 Å². The normalized spacial score (nSPS) is 29.8.